The molecule has 0 unspecified atom stereocenters. The molecule has 4 aromatic rings. The summed E-state index contributed by atoms with van der Waals surface area (Å²) in [5, 5.41) is 11.6. The first-order valence-corrected chi connectivity index (χ1v) is 9.94. The van der Waals surface area contributed by atoms with Crippen LogP contribution in [0.3, 0.4) is 0 Å². The highest BCUT2D eigenvalue weighted by Gasteiger charge is 2.15. The Labute approximate surface area is 178 Å². The highest BCUT2D eigenvalue weighted by Crippen LogP contribution is 2.22. The molecule has 0 saturated carbocycles. The van der Waals surface area contributed by atoms with E-state index in [9.17, 15) is 9.18 Å². The third kappa shape index (κ3) is 4.90. The lowest BCUT2D eigenvalue weighted by molar-refractivity contribution is 0.0945. The highest BCUT2D eigenvalue weighted by atomic mass is 19.1. The Balaban J connectivity index is 1.68. The van der Waals surface area contributed by atoms with Gasteiger partial charge in [-0.1, -0.05) is 30.3 Å². The van der Waals surface area contributed by atoms with Crippen molar-refractivity contribution >= 4 is 16.9 Å². The minimum Gasteiger partial charge on any atom is -0.486 e. The van der Waals surface area contributed by atoms with Crippen LogP contribution in [-0.4, -0.2) is 33.7 Å². The number of benzene rings is 3. The predicted molar refractivity (Wildman–Crippen MR) is 115 cm³/mol. The zero-order valence-corrected chi connectivity index (χ0v) is 16.8. The van der Waals surface area contributed by atoms with Gasteiger partial charge < -0.3 is 19.7 Å². The fraction of sp³-hybridized carbons (Fsp3) is 0.167. The molecule has 6 nitrogen and oxygen atoms in total. The van der Waals surface area contributed by atoms with E-state index in [0.717, 1.165) is 16.8 Å². The molecule has 3 aromatic carbocycles. The van der Waals surface area contributed by atoms with Crippen LogP contribution in [0.4, 0.5) is 4.39 Å². The Kier molecular flexibility index (Phi) is 6.24. The van der Waals surface area contributed by atoms with Gasteiger partial charge in [0.1, 0.15) is 24.0 Å². The van der Waals surface area contributed by atoms with Crippen molar-refractivity contribution in [2.75, 3.05) is 13.2 Å². The van der Waals surface area contributed by atoms with Crippen LogP contribution in [0.25, 0.3) is 11.0 Å². The van der Waals surface area contributed by atoms with Gasteiger partial charge in [0.25, 0.3) is 5.91 Å². The topological polar surface area (TPSA) is 76.4 Å². The molecule has 0 atom stereocenters. The first kappa shape index (κ1) is 20.6. The lowest BCUT2D eigenvalue weighted by Gasteiger charge is -2.11. The number of para-hydroxylation sites is 1. The second-order valence-corrected chi connectivity index (χ2v) is 7.03. The van der Waals surface area contributed by atoms with Gasteiger partial charge in [-0.25, -0.2) is 9.37 Å². The average molecular weight is 419 g/mol. The third-order valence-corrected chi connectivity index (χ3v) is 4.83. The molecule has 0 radical (unpaired) electrons. The maximum atomic E-state index is 13.7. The van der Waals surface area contributed by atoms with Gasteiger partial charge in [0.15, 0.2) is 0 Å². The van der Waals surface area contributed by atoms with E-state index in [-0.39, 0.29) is 31.5 Å². The second kappa shape index (κ2) is 9.40. The zero-order valence-electron chi connectivity index (χ0n) is 16.8. The van der Waals surface area contributed by atoms with Crippen molar-refractivity contribution in [1.29, 1.82) is 0 Å². The SMILES string of the molecule is O=C(NCCO)c1ccc2c(c1)nc(COc1ccccc1)n2Cc1cccc(F)c1. The largest absolute Gasteiger partial charge is 0.486 e. The van der Waals surface area contributed by atoms with Crippen molar-refractivity contribution in [2.24, 2.45) is 0 Å². The summed E-state index contributed by atoms with van der Waals surface area (Å²) in [5.41, 5.74) is 2.70. The van der Waals surface area contributed by atoms with Gasteiger partial charge in [-0.05, 0) is 48.0 Å². The number of halogens is 1. The fourth-order valence-electron chi connectivity index (χ4n) is 3.36. The molecule has 2 N–H and O–H groups in total. The average Bonchev–Trinajstić information content (AvgIpc) is 3.13. The maximum Gasteiger partial charge on any atom is 0.251 e. The Bertz CT molecular complexity index is 1190. The van der Waals surface area contributed by atoms with E-state index in [1.54, 1.807) is 18.2 Å². The van der Waals surface area contributed by atoms with Gasteiger partial charge in [0.2, 0.25) is 0 Å². The molecule has 0 aliphatic heterocycles. The van der Waals surface area contributed by atoms with Crippen LogP contribution in [0.1, 0.15) is 21.7 Å². The van der Waals surface area contributed by atoms with E-state index >= 15 is 0 Å². The van der Waals surface area contributed by atoms with Gasteiger partial charge in [-0.15, -0.1) is 0 Å². The predicted octanol–water partition coefficient (Wildman–Crippen LogP) is 3.52. The van der Waals surface area contributed by atoms with Crippen molar-refractivity contribution in [3.8, 4) is 5.75 Å². The molecule has 7 heteroatoms. The van der Waals surface area contributed by atoms with E-state index in [2.05, 4.69) is 10.3 Å². The van der Waals surface area contributed by atoms with Crippen LogP contribution < -0.4 is 10.1 Å². The summed E-state index contributed by atoms with van der Waals surface area (Å²) in [6.45, 7) is 0.691. The summed E-state index contributed by atoms with van der Waals surface area (Å²) < 4.78 is 21.6. The number of carbonyl (C=O) groups is 1. The van der Waals surface area contributed by atoms with Crippen LogP contribution in [0.2, 0.25) is 0 Å². The lowest BCUT2D eigenvalue weighted by Crippen LogP contribution is -2.26. The van der Waals surface area contributed by atoms with Crippen LogP contribution in [0.5, 0.6) is 5.75 Å². The molecule has 1 heterocycles. The smallest absolute Gasteiger partial charge is 0.251 e. The van der Waals surface area contributed by atoms with Crippen LogP contribution in [0, 0.1) is 5.82 Å². The Morgan fingerprint density at radius 1 is 1.06 bits per heavy atom. The molecule has 31 heavy (non-hydrogen) atoms. The van der Waals surface area contributed by atoms with E-state index < -0.39 is 0 Å². The van der Waals surface area contributed by atoms with E-state index in [0.29, 0.717) is 23.4 Å². The number of aliphatic hydroxyl groups excluding tert-OH is 1. The summed E-state index contributed by atoms with van der Waals surface area (Å²) >= 11 is 0. The Hall–Kier alpha value is -3.71. The third-order valence-electron chi connectivity index (χ3n) is 4.83. The summed E-state index contributed by atoms with van der Waals surface area (Å²) in [6, 6.07) is 21.1. The molecule has 0 aliphatic rings. The van der Waals surface area contributed by atoms with Crippen molar-refractivity contribution in [2.45, 2.75) is 13.2 Å². The number of nitrogens with one attached hydrogen (secondary N) is 1. The number of hydrogen-bond acceptors (Lipinski definition) is 4. The highest BCUT2D eigenvalue weighted by molar-refractivity contribution is 5.97. The molecular formula is C24H22FN3O3. The number of carbonyl (C=O) groups excluding carboxylic acids is 1. The van der Waals surface area contributed by atoms with Crippen LogP contribution in [-0.2, 0) is 13.2 Å². The number of imidazole rings is 1. The molecule has 4 rings (SSSR count). The minimum atomic E-state index is -0.299. The van der Waals surface area contributed by atoms with Gasteiger partial charge >= 0.3 is 0 Å². The van der Waals surface area contributed by atoms with E-state index in [1.807, 2.05) is 47.0 Å². The zero-order chi connectivity index (χ0) is 21.6. The van der Waals surface area contributed by atoms with Gasteiger partial charge in [-0.2, -0.15) is 0 Å². The van der Waals surface area contributed by atoms with Crippen molar-refractivity contribution in [1.82, 2.24) is 14.9 Å². The molecule has 0 bridgehead atoms. The van der Waals surface area contributed by atoms with Crippen molar-refractivity contribution in [3.05, 3.63) is 95.6 Å². The fourth-order valence-corrected chi connectivity index (χ4v) is 3.36. The maximum absolute atomic E-state index is 13.7. The number of fused-ring (bicyclic) bond motifs is 1. The molecule has 1 aromatic heterocycles. The number of ether oxygens (including phenoxy) is 1. The van der Waals surface area contributed by atoms with Gasteiger partial charge in [-0.3, -0.25) is 4.79 Å². The normalized spacial score (nSPS) is 10.9. The van der Waals surface area contributed by atoms with Crippen LogP contribution >= 0.6 is 0 Å². The number of nitrogens with zero attached hydrogens (tertiary/aromatic N) is 2. The quantitative estimate of drug-likeness (QED) is 0.458. The molecule has 0 saturated heterocycles. The van der Waals surface area contributed by atoms with Gasteiger partial charge in [0, 0.05) is 18.7 Å². The number of aromatic nitrogens is 2. The summed E-state index contributed by atoms with van der Waals surface area (Å²) in [7, 11) is 0. The monoisotopic (exact) mass is 419 g/mol. The standard InChI is InChI=1S/C24H22FN3O3/c25-19-6-4-5-17(13-19)15-28-22-10-9-18(24(30)26-11-12-29)14-21(22)27-23(28)16-31-20-7-2-1-3-8-20/h1-10,13-14,29H,11-12,15-16H2,(H,26,30). The first-order valence-electron chi connectivity index (χ1n) is 9.94. The number of rotatable bonds is 8. The number of amides is 1. The molecule has 0 aliphatic carbocycles. The molecule has 0 fully saturated rings. The number of aliphatic hydroxyl groups is 1. The van der Waals surface area contributed by atoms with Crippen molar-refractivity contribution in [3.63, 3.8) is 0 Å². The molecule has 1 amide bonds. The molecular weight excluding hydrogens is 397 g/mol. The Morgan fingerprint density at radius 3 is 2.68 bits per heavy atom. The first-order chi connectivity index (χ1) is 15.1. The number of hydrogen-bond donors (Lipinski definition) is 2. The van der Waals surface area contributed by atoms with Crippen LogP contribution in [0.15, 0.2) is 72.8 Å². The van der Waals surface area contributed by atoms with E-state index in [4.69, 9.17) is 9.84 Å². The summed E-state index contributed by atoms with van der Waals surface area (Å²) in [6.07, 6.45) is 0. The molecule has 158 valence electrons. The van der Waals surface area contributed by atoms with Gasteiger partial charge in [0.05, 0.1) is 17.6 Å². The summed E-state index contributed by atoms with van der Waals surface area (Å²) in [4.78, 5) is 16.9. The summed E-state index contributed by atoms with van der Waals surface area (Å²) in [5.74, 6) is 0.802. The van der Waals surface area contributed by atoms with Crippen molar-refractivity contribution < 1.29 is 19.0 Å². The van der Waals surface area contributed by atoms with E-state index in [1.165, 1.54) is 12.1 Å². The lowest BCUT2D eigenvalue weighted by atomic mass is 10.1. The minimum absolute atomic E-state index is 0.128. The Morgan fingerprint density at radius 2 is 1.90 bits per heavy atom. The molecule has 0 spiro atoms. The second-order valence-electron chi connectivity index (χ2n) is 7.03.